The van der Waals surface area contributed by atoms with Crippen LogP contribution in [0.4, 0.5) is 0 Å². The lowest BCUT2D eigenvalue weighted by Crippen LogP contribution is -2.58. The van der Waals surface area contributed by atoms with Crippen molar-refractivity contribution in [2.75, 3.05) is 0 Å². The highest BCUT2D eigenvalue weighted by Gasteiger charge is 2.50. The second kappa shape index (κ2) is 6.34. The van der Waals surface area contributed by atoms with Crippen LogP contribution in [0.15, 0.2) is 30.0 Å². The van der Waals surface area contributed by atoms with Gasteiger partial charge in [-0.1, -0.05) is 18.2 Å². The summed E-state index contributed by atoms with van der Waals surface area (Å²) in [6, 6.07) is 7.70. The average molecular weight is 427 g/mol. The van der Waals surface area contributed by atoms with E-state index in [0.29, 0.717) is 11.8 Å². The van der Waals surface area contributed by atoms with Crippen LogP contribution in [0.1, 0.15) is 43.4 Å². The molecular weight excluding hydrogens is 400 g/mol. The Morgan fingerprint density at radius 1 is 1.07 bits per heavy atom. The molecule has 0 radical (unpaired) electrons. The molecule has 4 saturated carbocycles. The number of carbonyl (C=O) groups excluding carboxylic acids is 1. The monoisotopic (exact) mass is 426 g/mol. The molecule has 2 aromatic rings. The molecule has 158 valence electrons. The zero-order chi connectivity index (χ0) is 20.6. The van der Waals surface area contributed by atoms with Crippen molar-refractivity contribution in [2.24, 2.45) is 29.4 Å². The molecule has 0 saturated heterocycles. The fraction of sp³-hybridized carbons (Fsp3) is 0.500. The molecule has 2 heterocycles. The van der Waals surface area contributed by atoms with Gasteiger partial charge in [-0.15, -0.1) is 0 Å². The first kappa shape index (κ1) is 18.4. The van der Waals surface area contributed by atoms with E-state index in [1.165, 1.54) is 6.42 Å². The van der Waals surface area contributed by atoms with E-state index in [4.69, 9.17) is 5.73 Å². The number of primary amides is 1. The molecule has 1 aromatic carbocycles. The molecule has 7 rings (SSSR count). The third-order valence-electron chi connectivity index (χ3n) is 7.73. The summed E-state index contributed by atoms with van der Waals surface area (Å²) in [6.45, 7) is 0.0709. The van der Waals surface area contributed by atoms with E-state index in [0.717, 1.165) is 64.0 Å². The average Bonchev–Trinajstić information content (AvgIpc) is 3.07. The SMILES string of the molecule is NC(=O)C1=Cc2c([nH]c3ccccc23)CN1S(=O)(=O)NC1C2CC3CC(C2)CC1C3. The highest BCUT2D eigenvalue weighted by molar-refractivity contribution is 7.87. The largest absolute Gasteiger partial charge is 0.364 e. The molecule has 4 bridgehead atoms. The highest BCUT2D eigenvalue weighted by Crippen LogP contribution is 2.54. The van der Waals surface area contributed by atoms with Gasteiger partial charge in [-0.2, -0.15) is 13.1 Å². The topological polar surface area (TPSA) is 108 Å². The highest BCUT2D eigenvalue weighted by atomic mass is 32.2. The molecule has 4 fully saturated rings. The third-order valence-corrected chi connectivity index (χ3v) is 9.21. The summed E-state index contributed by atoms with van der Waals surface area (Å²) in [4.78, 5) is 15.5. The number of aromatic nitrogens is 1. The van der Waals surface area contributed by atoms with Crippen molar-refractivity contribution in [1.82, 2.24) is 14.0 Å². The number of H-pyrrole nitrogens is 1. The Bertz CT molecular complexity index is 1150. The van der Waals surface area contributed by atoms with Crippen LogP contribution in [-0.4, -0.2) is 29.7 Å². The lowest BCUT2D eigenvalue weighted by molar-refractivity contribution is -0.115. The molecule has 1 aromatic heterocycles. The van der Waals surface area contributed by atoms with E-state index in [2.05, 4.69) is 9.71 Å². The zero-order valence-corrected chi connectivity index (χ0v) is 17.5. The van der Waals surface area contributed by atoms with E-state index in [1.807, 2.05) is 24.3 Å². The van der Waals surface area contributed by atoms with Gasteiger partial charge in [0.1, 0.15) is 5.70 Å². The molecule has 7 nitrogen and oxygen atoms in total. The van der Waals surface area contributed by atoms with Crippen molar-refractivity contribution < 1.29 is 13.2 Å². The van der Waals surface area contributed by atoms with Gasteiger partial charge in [0.2, 0.25) is 0 Å². The van der Waals surface area contributed by atoms with Crippen LogP contribution in [0.25, 0.3) is 17.0 Å². The van der Waals surface area contributed by atoms with Crippen molar-refractivity contribution in [2.45, 2.75) is 44.7 Å². The number of hydrogen-bond donors (Lipinski definition) is 3. The van der Waals surface area contributed by atoms with Gasteiger partial charge < -0.3 is 10.7 Å². The van der Waals surface area contributed by atoms with Crippen LogP contribution in [0.2, 0.25) is 0 Å². The Morgan fingerprint density at radius 2 is 1.73 bits per heavy atom. The second-order valence-electron chi connectivity index (χ2n) is 9.54. The maximum atomic E-state index is 13.5. The molecule has 0 spiro atoms. The molecule has 4 aliphatic carbocycles. The third kappa shape index (κ3) is 2.73. The number of amides is 1. The fourth-order valence-corrected chi connectivity index (χ4v) is 8.26. The minimum Gasteiger partial charge on any atom is -0.364 e. The molecule has 0 atom stereocenters. The summed E-state index contributed by atoms with van der Waals surface area (Å²) in [6.07, 6.45) is 7.39. The summed E-state index contributed by atoms with van der Waals surface area (Å²) in [5, 5.41) is 0.956. The number of nitrogens with one attached hydrogen (secondary N) is 2. The molecule has 8 heteroatoms. The van der Waals surface area contributed by atoms with E-state index < -0.39 is 16.1 Å². The molecular formula is C22H26N4O3S. The molecule has 4 N–H and O–H groups in total. The normalized spacial score (nSPS) is 32.3. The molecule has 30 heavy (non-hydrogen) atoms. The first-order chi connectivity index (χ1) is 14.4. The number of carbonyl (C=O) groups is 1. The number of nitrogens with two attached hydrogens (primary N) is 1. The second-order valence-corrected chi connectivity index (χ2v) is 11.2. The molecule has 0 unspecified atom stereocenters. The molecule has 1 aliphatic heterocycles. The van der Waals surface area contributed by atoms with Crippen LogP contribution < -0.4 is 10.5 Å². The van der Waals surface area contributed by atoms with Crippen molar-refractivity contribution >= 4 is 33.1 Å². The number of aromatic amines is 1. The summed E-state index contributed by atoms with van der Waals surface area (Å²) in [5.74, 6) is 1.61. The Kier molecular flexibility index (Phi) is 3.90. The van der Waals surface area contributed by atoms with Crippen LogP contribution >= 0.6 is 0 Å². The van der Waals surface area contributed by atoms with Crippen molar-refractivity contribution in [3.05, 3.63) is 41.2 Å². The van der Waals surface area contributed by atoms with Gasteiger partial charge >= 0.3 is 10.2 Å². The Balaban J connectivity index is 1.34. The smallest absolute Gasteiger partial charge is 0.302 e. The van der Waals surface area contributed by atoms with Crippen molar-refractivity contribution in [1.29, 1.82) is 0 Å². The summed E-state index contributed by atoms with van der Waals surface area (Å²) >= 11 is 0. The molecule has 1 amide bonds. The summed E-state index contributed by atoms with van der Waals surface area (Å²) in [7, 11) is -3.91. The van der Waals surface area contributed by atoms with E-state index >= 15 is 0 Å². The van der Waals surface area contributed by atoms with Gasteiger partial charge in [0, 0.05) is 28.2 Å². The van der Waals surface area contributed by atoms with Gasteiger partial charge in [0.05, 0.1) is 6.54 Å². The van der Waals surface area contributed by atoms with Crippen molar-refractivity contribution in [3.8, 4) is 0 Å². The number of para-hydroxylation sites is 1. The minimum atomic E-state index is -3.91. The summed E-state index contributed by atoms with van der Waals surface area (Å²) < 4.78 is 31.1. The number of benzene rings is 1. The quantitative estimate of drug-likeness (QED) is 0.699. The first-order valence-electron chi connectivity index (χ1n) is 10.8. The fourth-order valence-electron chi connectivity index (χ4n) is 6.71. The van der Waals surface area contributed by atoms with Gasteiger partial charge in [0.25, 0.3) is 5.91 Å². The maximum Gasteiger partial charge on any atom is 0.302 e. The Morgan fingerprint density at radius 3 is 2.40 bits per heavy atom. The van der Waals surface area contributed by atoms with Crippen LogP contribution in [-0.2, 0) is 21.5 Å². The van der Waals surface area contributed by atoms with E-state index in [9.17, 15) is 13.2 Å². The van der Waals surface area contributed by atoms with Gasteiger partial charge in [0.15, 0.2) is 0 Å². The number of hydrogen-bond acceptors (Lipinski definition) is 3. The Labute approximate surface area is 175 Å². The predicted octanol–water partition coefficient (Wildman–Crippen LogP) is 2.47. The number of nitrogens with zero attached hydrogens (tertiary/aromatic N) is 1. The number of fused-ring (bicyclic) bond motifs is 3. The van der Waals surface area contributed by atoms with E-state index in [-0.39, 0.29) is 18.3 Å². The number of rotatable bonds is 4. The van der Waals surface area contributed by atoms with Gasteiger partial charge in [-0.3, -0.25) is 4.79 Å². The Hall–Kier alpha value is -2.32. The predicted molar refractivity (Wildman–Crippen MR) is 114 cm³/mol. The minimum absolute atomic E-state index is 0.0172. The summed E-state index contributed by atoms with van der Waals surface area (Å²) in [5.41, 5.74) is 8.16. The first-order valence-corrected chi connectivity index (χ1v) is 12.2. The van der Waals surface area contributed by atoms with Crippen LogP contribution in [0.5, 0.6) is 0 Å². The van der Waals surface area contributed by atoms with E-state index in [1.54, 1.807) is 6.08 Å². The van der Waals surface area contributed by atoms with Crippen LogP contribution in [0, 0.1) is 23.7 Å². The lowest BCUT2D eigenvalue weighted by atomic mass is 9.54. The van der Waals surface area contributed by atoms with Crippen LogP contribution in [0.3, 0.4) is 0 Å². The zero-order valence-electron chi connectivity index (χ0n) is 16.7. The van der Waals surface area contributed by atoms with Gasteiger partial charge in [-0.25, -0.2) is 4.31 Å². The lowest BCUT2D eigenvalue weighted by Gasteiger charge is -2.54. The molecule has 5 aliphatic rings. The standard InChI is InChI=1S/C22H26N4O3S/c23-22(27)20-10-17-16-3-1-2-4-18(16)24-19(17)11-26(20)30(28,29)25-21-14-6-12-5-13(8-14)9-15(21)7-12/h1-4,10,12-15,21,24-25H,5-9,11H2,(H2,23,27). The van der Waals surface area contributed by atoms with Crippen molar-refractivity contribution in [3.63, 3.8) is 0 Å². The van der Waals surface area contributed by atoms with Gasteiger partial charge in [-0.05, 0) is 67.9 Å². The maximum absolute atomic E-state index is 13.5.